The van der Waals surface area contributed by atoms with Crippen molar-refractivity contribution in [3.8, 4) is 0 Å². The zero-order valence-electron chi connectivity index (χ0n) is 19.6. The maximum atomic E-state index is 12.9. The fraction of sp³-hybridized carbons (Fsp3) is 0.750. The Hall–Kier alpha value is -2.42. The average molecular weight is 507 g/mol. The summed E-state index contributed by atoms with van der Waals surface area (Å²) in [7, 11) is 0. The Kier molecular flexibility index (Phi) is 15.9. The van der Waals surface area contributed by atoms with E-state index in [1.807, 2.05) is 0 Å². The van der Waals surface area contributed by atoms with Crippen molar-refractivity contribution in [3.05, 3.63) is 0 Å². The highest BCUT2D eigenvalue weighted by Gasteiger charge is 2.30. The number of aliphatic carboxylic acids is 1. The van der Waals surface area contributed by atoms with Crippen molar-refractivity contribution in [1.82, 2.24) is 16.0 Å². The molecule has 0 aromatic rings. The number of aliphatic hydroxyl groups is 1. The number of hydrogen-bond acceptors (Lipinski definition) is 9. The van der Waals surface area contributed by atoms with E-state index in [-0.39, 0.29) is 25.7 Å². The Balaban J connectivity index is 5.49. The quantitative estimate of drug-likeness (QED) is 0.0900. The van der Waals surface area contributed by atoms with Crippen molar-refractivity contribution >= 4 is 41.4 Å². The van der Waals surface area contributed by atoms with Gasteiger partial charge in [0.2, 0.25) is 23.6 Å². The smallest absolute Gasteiger partial charge is 0.326 e. The number of rotatable bonds is 18. The molecule has 0 rings (SSSR count). The highest BCUT2D eigenvalue weighted by atomic mass is 32.2. The summed E-state index contributed by atoms with van der Waals surface area (Å²) in [6.07, 6.45) is 1.63. The molecular weight excluding hydrogens is 468 g/mol. The monoisotopic (exact) mass is 506 g/mol. The fourth-order valence-electron chi connectivity index (χ4n) is 2.84. The number of amides is 4. The molecule has 0 aliphatic rings. The summed E-state index contributed by atoms with van der Waals surface area (Å²) in [5, 5.41) is 26.2. The molecule has 14 heteroatoms. The van der Waals surface area contributed by atoms with Gasteiger partial charge in [-0.15, -0.1) is 0 Å². The van der Waals surface area contributed by atoms with Crippen LogP contribution in [0.2, 0.25) is 0 Å². The molecule has 0 bridgehead atoms. The number of primary amides is 1. The molecule has 5 atom stereocenters. The minimum atomic E-state index is -1.27. The highest BCUT2D eigenvalue weighted by Crippen LogP contribution is 2.07. The number of carbonyl (C=O) groups excluding carboxylic acids is 4. The summed E-state index contributed by atoms with van der Waals surface area (Å²) in [4.78, 5) is 60.7. The first-order valence-corrected chi connectivity index (χ1v) is 12.4. The van der Waals surface area contributed by atoms with Crippen molar-refractivity contribution in [2.45, 2.75) is 75.7 Å². The topological polar surface area (TPSA) is 240 Å². The van der Waals surface area contributed by atoms with Crippen molar-refractivity contribution in [2.75, 3.05) is 18.6 Å². The van der Waals surface area contributed by atoms with Crippen LogP contribution in [0.25, 0.3) is 0 Å². The van der Waals surface area contributed by atoms with Gasteiger partial charge in [0.1, 0.15) is 24.2 Å². The summed E-state index contributed by atoms with van der Waals surface area (Å²) in [5.41, 5.74) is 16.2. The number of unbranched alkanes of at least 4 members (excludes halogenated alkanes) is 1. The third-order valence-electron chi connectivity index (χ3n) is 4.94. The molecule has 0 radical (unpaired) electrons. The van der Waals surface area contributed by atoms with E-state index < -0.39 is 59.9 Å². The summed E-state index contributed by atoms with van der Waals surface area (Å²) in [5.74, 6) is -3.74. The first kappa shape index (κ1) is 31.6. The second kappa shape index (κ2) is 17.1. The third-order valence-corrected chi connectivity index (χ3v) is 5.58. The number of carboxylic acid groups (broad SMARTS) is 1. The third kappa shape index (κ3) is 12.7. The first-order chi connectivity index (χ1) is 15.9. The van der Waals surface area contributed by atoms with E-state index in [0.717, 1.165) is 0 Å². The lowest BCUT2D eigenvalue weighted by Gasteiger charge is -2.25. The highest BCUT2D eigenvalue weighted by molar-refractivity contribution is 7.98. The van der Waals surface area contributed by atoms with Crippen LogP contribution >= 0.6 is 11.8 Å². The summed E-state index contributed by atoms with van der Waals surface area (Å²) < 4.78 is 0. The van der Waals surface area contributed by atoms with E-state index in [4.69, 9.17) is 17.2 Å². The second-order valence-electron chi connectivity index (χ2n) is 7.86. The molecule has 0 aliphatic heterocycles. The lowest BCUT2D eigenvalue weighted by molar-refractivity contribution is -0.142. The van der Waals surface area contributed by atoms with Crippen LogP contribution in [0.5, 0.6) is 0 Å². The van der Waals surface area contributed by atoms with E-state index in [1.54, 1.807) is 6.26 Å². The Morgan fingerprint density at radius 2 is 1.41 bits per heavy atom. The molecular formula is C20H38N6O7S. The number of nitrogens with two attached hydrogens (primary N) is 3. The average Bonchev–Trinajstić information content (AvgIpc) is 2.77. The van der Waals surface area contributed by atoms with Crippen LogP contribution < -0.4 is 33.2 Å². The van der Waals surface area contributed by atoms with Gasteiger partial charge in [-0.2, -0.15) is 11.8 Å². The largest absolute Gasteiger partial charge is 0.480 e. The summed E-state index contributed by atoms with van der Waals surface area (Å²) in [6, 6.07) is -4.81. The molecule has 0 aromatic carbocycles. The zero-order chi connectivity index (χ0) is 26.3. The molecule has 11 N–H and O–H groups in total. The number of nitrogens with one attached hydrogen (secondary N) is 3. The molecule has 0 aromatic heterocycles. The van der Waals surface area contributed by atoms with Gasteiger partial charge in [0, 0.05) is 6.42 Å². The Morgan fingerprint density at radius 3 is 1.88 bits per heavy atom. The van der Waals surface area contributed by atoms with Gasteiger partial charge < -0.3 is 43.4 Å². The van der Waals surface area contributed by atoms with Gasteiger partial charge in [-0.1, -0.05) is 0 Å². The van der Waals surface area contributed by atoms with Crippen LogP contribution in [0.3, 0.4) is 0 Å². The normalized spacial score (nSPS) is 15.3. The molecule has 196 valence electrons. The summed E-state index contributed by atoms with van der Waals surface area (Å²) >= 11 is 1.42. The van der Waals surface area contributed by atoms with Gasteiger partial charge in [0.15, 0.2) is 0 Å². The van der Waals surface area contributed by atoms with Crippen LogP contribution in [0.1, 0.15) is 45.4 Å². The van der Waals surface area contributed by atoms with Crippen LogP contribution in [0.4, 0.5) is 0 Å². The molecule has 0 spiro atoms. The minimum absolute atomic E-state index is 0.137. The lowest BCUT2D eigenvalue weighted by atomic mass is 10.1. The van der Waals surface area contributed by atoms with Crippen molar-refractivity contribution in [2.24, 2.45) is 17.2 Å². The molecule has 34 heavy (non-hydrogen) atoms. The molecule has 13 nitrogen and oxygen atoms in total. The van der Waals surface area contributed by atoms with Gasteiger partial charge in [0.25, 0.3) is 0 Å². The van der Waals surface area contributed by atoms with Crippen molar-refractivity contribution < 1.29 is 34.2 Å². The summed E-state index contributed by atoms with van der Waals surface area (Å²) in [6.45, 7) is 1.71. The SMILES string of the molecule is CSCCC(NC(=O)C(N)C(C)O)C(=O)NC(CCC(N)=O)C(=O)NC(CCCCN)C(=O)O. The van der Waals surface area contributed by atoms with E-state index in [0.29, 0.717) is 25.1 Å². The Morgan fingerprint density at radius 1 is 0.882 bits per heavy atom. The molecule has 5 unspecified atom stereocenters. The van der Waals surface area contributed by atoms with Crippen LogP contribution in [0.15, 0.2) is 0 Å². The second-order valence-corrected chi connectivity index (χ2v) is 8.84. The first-order valence-electron chi connectivity index (χ1n) is 11.0. The molecule has 0 saturated heterocycles. The molecule has 0 saturated carbocycles. The number of aliphatic hydroxyl groups excluding tert-OH is 1. The lowest BCUT2D eigenvalue weighted by Crippen LogP contribution is -2.58. The van der Waals surface area contributed by atoms with Gasteiger partial charge in [-0.3, -0.25) is 19.2 Å². The Labute approximate surface area is 203 Å². The van der Waals surface area contributed by atoms with Gasteiger partial charge >= 0.3 is 5.97 Å². The number of thioether (sulfide) groups is 1. The van der Waals surface area contributed by atoms with Gasteiger partial charge in [-0.05, 0) is 57.6 Å². The van der Waals surface area contributed by atoms with Crippen molar-refractivity contribution in [1.29, 1.82) is 0 Å². The Bertz CT molecular complexity index is 694. The molecule has 4 amide bonds. The maximum Gasteiger partial charge on any atom is 0.326 e. The number of carbonyl (C=O) groups is 5. The zero-order valence-corrected chi connectivity index (χ0v) is 20.4. The minimum Gasteiger partial charge on any atom is -0.480 e. The fourth-order valence-corrected chi connectivity index (χ4v) is 3.31. The molecule has 0 heterocycles. The predicted octanol–water partition coefficient (Wildman–Crippen LogP) is -2.62. The van der Waals surface area contributed by atoms with Gasteiger partial charge in [-0.25, -0.2) is 4.79 Å². The maximum absolute atomic E-state index is 12.9. The number of carboxylic acids is 1. The number of hydrogen-bond donors (Lipinski definition) is 8. The van der Waals surface area contributed by atoms with E-state index in [1.165, 1.54) is 18.7 Å². The van der Waals surface area contributed by atoms with E-state index in [9.17, 15) is 34.2 Å². The van der Waals surface area contributed by atoms with Gasteiger partial charge in [0.05, 0.1) is 6.10 Å². The van der Waals surface area contributed by atoms with Crippen LogP contribution in [-0.4, -0.2) is 88.6 Å². The molecule has 0 fully saturated rings. The standard InChI is InChI=1S/C20H38N6O7S/c1-11(27)16(23)19(31)25-13(8-10-34-2)18(30)24-12(6-7-15(22)28)17(29)26-14(20(32)33)5-3-4-9-21/h11-14,16,27H,3-10,21,23H2,1-2H3,(H2,22,28)(H,24,30)(H,25,31)(H,26,29)(H,32,33). The molecule has 0 aliphatic carbocycles. The van der Waals surface area contributed by atoms with Crippen LogP contribution in [-0.2, 0) is 24.0 Å². The van der Waals surface area contributed by atoms with E-state index in [2.05, 4.69) is 16.0 Å². The predicted molar refractivity (Wildman–Crippen MR) is 127 cm³/mol. The van der Waals surface area contributed by atoms with E-state index >= 15 is 0 Å². The van der Waals surface area contributed by atoms with Crippen molar-refractivity contribution in [3.63, 3.8) is 0 Å². The van der Waals surface area contributed by atoms with Crippen LogP contribution in [0, 0.1) is 0 Å².